The van der Waals surface area contributed by atoms with Gasteiger partial charge in [0.2, 0.25) is 11.8 Å². The van der Waals surface area contributed by atoms with Gasteiger partial charge in [0.15, 0.2) is 0 Å². The van der Waals surface area contributed by atoms with Crippen LogP contribution in [0.3, 0.4) is 0 Å². The number of cyclic esters (lactones) is 1. The summed E-state index contributed by atoms with van der Waals surface area (Å²) in [5, 5.41) is 9.56. The van der Waals surface area contributed by atoms with E-state index in [-0.39, 0.29) is 31.0 Å². The Bertz CT molecular complexity index is 927. The lowest BCUT2D eigenvalue weighted by atomic mass is 9.73. The topological polar surface area (TPSA) is 96.4 Å². The maximum Gasteiger partial charge on any atom is 0.313 e. The average Bonchev–Trinajstić information content (AvgIpc) is 3.24. The predicted octanol–water partition coefficient (Wildman–Crippen LogP) is 2.74. The van der Waals surface area contributed by atoms with E-state index < -0.39 is 35.0 Å². The Kier molecular flexibility index (Phi) is 7.27. The predicted molar refractivity (Wildman–Crippen MR) is 133 cm³/mol. The molecular formula is C28H40N2O6. The number of aliphatic hydroxyl groups excluding tert-OH is 1. The van der Waals surface area contributed by atoms with Gasteiger partial charge in [0.25, 0.3) is 0 Å². The van der Waals surface area contributed by atoms with Gasteiger partial charge in [0.1, 0.15) is 23.2 Å². The Morgan fingerprint density at radius 2 is 1.81 bits per heavy atom. The molecule has 4 heterocycles. The van der Waals surface area contributed by atoms with Crippen molar-refractivity contribution >= 4 is 17.8 Å². The highest BCUT2D eigenvalue weighted by Crippen LogP contribution is 2.58. The van der Waals surface area contributed by atoms with Gasteiger partial charge >= 0.3 is 5.97 Å². The quantitative estimate of drug-likeness (QED) is 0.461. The number of hydrogen-bond donors (Lipinski definition) is 1. The molecule has 8 heteroatoms. The minimum atomic E-state index is -1.24. The number of fused-ring (bicyclic) bond motifs is 2. The molecule has 1 unspecified atom stereocenters. The molecule has 8 nitrogen and oxygen atoms in total. The second-order valence-corrected chi connectivity index (χ2v) is 11.0. The molecule has 5 rings (SSSR count). The van der Waals surface area contributed by atoms with Crippen molar-refractivity contribution in [1.82, 2.24) is 9.80 Å². The Balaban J connectivity index is 1.61. The lowest BCUT2D eigenvalue weighted by molar-refractivity contribution is -0.162. The number of rotatable bonds is 5. The van der Waals surface area contributed by atoms with E-state index in [4.69, 9.17) is 9.47 Å². The highest BCUT2D eigenvalue weighted by atomic mass is 16.6. The fraction of sp³-hybridized carbons (Fsp3) is 0.750. The van der Waals surface area contributed by atoms with Crippen molar-refractivity contribution < 1.29 is 29.0 Å². The SMILES string of the molecule is CC[C@@]12/C=C\CCCCOC(=O)[C@@H]1[C@H]1C(=O)N(CCCO)C3C(=O)N(C4CCCCC4)CC=C[C@@]31O2. The molecule has 2 saturated heterocycles. The number of carbonyl (C=O) groups excluding carboxylic acids is 3. The first-order valence-corrected chi connectivity index (χ1v) is 13.9. The average molecular weight is 501 g/mol. The maximum atomic E-state index is 14.3. The number of aliphatic hydroxyl groups is 1. The fourth-order valence-corrected chi connectivity index (χ4v) is 7.26. The molecule has 0 aromatic carbocycles. The van der Waals surface area contributed by atoms with Crippen LogP contribution in [0.5, 0.6) is 0 Å². The third-order valence-corrected chi connectivity index (χ3v) is 8.99. The number of likely N-dealkylation sites (tertiary alicyclic amines) is 1. The number of amides is 2. The van der Waals surface area contributed by atoms with Crippen molar-refractivity contribution in [3.05, 3.63) is 24.3 Å². The van der Waals surface area contributed by atoms with E-state index in [0.29, 0.717) is 26.0 Å². The zero-order chi connectivity index (χ0) is 25.3. The molecule has 5 atom stereocenters. The summed E-state index contributed by atoms with van der Waals surface area (Å²) in [4.78, 5) is 45.5. The minimum Gasteiger partial charge on any atom is -0.465 e. The van der Waals surface area contributed by atoms with E-state index in [1.807, 2.05) is 30.1 Å². The summed E-state index contributed by atoms with van der Waals surface area (Å²) >= 11 is 0. The normalized spacial score (nSPS) is 38.3. The van der Waals surface area contributed by atoms with Crippen LogP contribution in [-0.4, -0.2) is 82.3 Å². The summed E-state index contributed by atoms with van der Waals surface area (Å²) in [7, 11) is 0. The minimum absolute atomic E-state index is 0.0848. The number of esters is 1. The molecule has 0 radical (unpaired) electrons. The van der Waals surface area contributed by atoms with Crippen LogP contribution in [0, 0.1) is 11.8 Å². The standard InChI is InChI=1S/C28H40N2O6/c1-2-27-14-8-3-4-9-19-35-26(34)22(27)21-24(32)30(17-11-18-31)23-25(33)29(20-12-6-5-7-13-20)16-10-15-28(21,23)36-27/h8,10,14-15,20-23,31H,2-7,9,11-13,16-19H2,1H3/b14-8-/t21-,22-,23?,27+,28-/m0/s1. The van der Waals surface area contributed by atoms with E-state index in [0.717, 1.165) is 44.9 Å². The van der Waals surface area contributed by atoms with Crippen molar-refractivity contribution in [2.24, 2.45) is 11.8 Å². The van der Waals surface area contributed by atoms with Crippen molar-refractivity contribution in [3.8, 4) is 0 Å². The number of nitrogens with zero attached hydrogens (tertiary/aromatic N) is 2. The molecule has 1 spiro atoms. The third-order valence-electron chi connectivity index (χ3n) is 8.99. The van der Waals surface area contributed by atoms with Crippen molar-refractivity contribution in [1.29, 1.82) is 0 Å². The van der Waals surface area contributed by atoms with E-state index >= 15 is 0 Å². The second kappa shape index (κ2) is 10.3. The van der Waals surface area contributed by atoms with Gasteiger partial charge in [-0.1, -0.05) is 50.5 Å². The largest absolute Gasteiger partial charge is 0.465 e. The van der Waals surface area contributed by atoms with Crippen LogP contribution < -0.4 is 0 Å². The molecule has 0 aromatic rings. The second-order valence-electron chi connectivity index (χ2n) is 11.0. The first-order chi connectivity index (χ1) is 17.5. The van der Waals surface area contributed by atoms with Crippen LogP contribution in [0.25, 0.3) is 0 Å². The monoisotopic (exact) mass is 500 g/mol. The van der Waals surface area contributed by atoms with Crippen LogP contribution in [0.1, 0.15) is 71.1 Å². The first kappa shape index (κ1) is 25.5. The number of hydrogen-bond acceptors (Lipinski definition) is 6. The molecule has 198 valence electrons. The molecule has 1 saturated carbocycles. The van der Waals surface area contributed by atoms with Crippen LogP contribution >= 0.6 is 0 Å². The van der Waals surface area contributed by atoms with E-state index in [1.165, 1.54) is 6.42 Å². The number of carbonyl (C=O) groups is 3. The molecular weight excluding hydrogens is 460 g/mol. The van der Waals surface area contributed by atoms with Gasteiger partial charge in [-0.25, -0.2) is 0 Å². The Morgan fingerprint density at radius 1 is 1.00 bits per heavy atom. The molecule has 5 aliphatic rings. The molecule has 4 aliphatic heterocycles. The van der Waals surface area contributed by atoms with Gasteiger partial charge in [-0.2, -0.15) is 0 Å². The smallest absolute Gasteiger partial charge is 0.313 e. The van der Waals surface area contributed by atoms with E-state index in [1.54, 1.807) is 4.90 Å². The van der Waals surface area contributed by atoms with Crippen LogP contribution in [-0.2, 0) is 23.9 Å². The highest BCUT2D eigenvalue weighted by Gasteiger charge is 2.75. The summed E-state index contributed by atoms with van der Waals surface area (Å²) in [6.07, 6.45) is 16.6. The van der Waals surface area contributed by atoms with Crippen molar-refractivity contribution in [2.75, 3.05) is 26.3 Å². The van der Waals surface area contributed by atoms with Crippen LogP contribution in [0.2, 0.25) is 0 Å². The zero-order valence-electron chi connectivity index (χ0n) is 21.4. The van der Waals surface area contributed by atoms with Crippen LogP contribution in [0.15, 0.2) is 24.3 Å². The molecule has 36 heavy (non-hydrogen) atoms. The van der Waals surface area contributed by atoms with E-state index in [9.17, 15) is 19.5 Å². The summed E-state index contributed by atoms with van der Waals surface area (Å²) in [5.41, 5.74) is -2.26. The summed E-state index contributed by atoms with van der Waals surface area (Å²) in [6.45, 7) is 2.92. The fourth-order valence-electron chi connectivity index (χ4n) is 7.26. The Morgan fingerprint density at radius 3 is 2.56 bits per heavy atom. The van der Waals surface area contributed by atoms with Gasteiger partial charge in [-0.3, -0.25) is 14.4 Å². The molecule has 1 N–H and O–H groups in total. The van der Waals surface area contributed by atoms with Crippen molar-refractivity contribution in [2.45, 2.75) is 94.4 Å². The zero-order valence-corrected chi connectivity index (χ0v) is 21.4. The van der Waals surface area contributed by atoms with Gasteiger partial charge in [0, 0.05) is 25.7 Å². The summed E-state index contributed by atoms with van der Waals surface area (Å²) in [5.74, 6) is -2.45. The molecule has 1 aliphatic carbocycles. The summed E-state index contributed by atoms with van der Waals surface area (Å²) in [6, 6.07) is -0.712. The molecule has 3 fully saturated rings. The van der Waals surface area contributed by atoms with Gasteiger partial charge in [-0.05, 0) is 44.9 Å². The van der Waals surface area contributed by atoms with Crippen molar-refractivity contribution in [3.63, 3.8) is 0 Å². The lowest BCUT2D eigenvalue weighted by Gasteiger charge is -2.40. The number of allylic oxidation sites excluding steroid dienone is 1. The van der Waals surface area contributed by atoms with E-state index in [2.05, 4.69) is 6.08 Å². The highest BCUT2D eigenvalue weighted by molar-refractivity contribution is 5.99. The Hall–Kier alpha value is -2.19. The third kappa shape index (κ3) is 4.01. The van der Waals surface area contributed by atoms with Gasteiger partial charge < -0.3 is 24.4 Å². The van der Waals surface area contributed by atoms with Gasteiger partial charge in [-0.15, -0.1) is 0 Å². The van der Waals surface area contributed by atoms with Crippen LogP contribution in [0.4, 0.5) is 0 Å². The molecule has 2 amide bonds. The lowest BCUT2D eigenvalue weighted by Crippen LogP contribution is -2.58. The molecule has 0 bridgehead atoms. The Labute approximate surface area is 213 Å². The first-order valence-electron chi connectivity index (χ1n) is 13.9. The summed E-state index contributed by atoms with van der Waals surface area (Å²) < 4.78 is 12.6. The van der Waals surface area contributed by atoms with Gasteiger partial charge in [0.05, 0.1) is 12.5 Å². The molecule has 0 aromatic heterocycles. The maximum absolute atomic E-state index is 14.3. The number of ether oxygens (including phenoxy) is 2.